The Morgan fingerprint density at radius 3 is 2.33 bits per heavy atom. The van der Waals surface area contributed by atoms with Gasteiger partial charge in [-0.3, -0.25) is 9.67 Å². The first kappa shape index (κ1) is 28.2. The van der Waals surface area contributed by atoms with Gasteiger partial charge in [-0.05, 0) is 42.3 Å². The molecule has 0 amide bonds. The van der Waals surface area contributed by atoms with Crippen LogP contribution < -0.4 is 5.73 Å². The molecule has 0 aliphatic rings. The van der Waals surface area contributed by atoms with Gasteiger partial charge in [0.2, 0.25) is 0 Å². The molecule has 0 saturated heterocycles. The van der Waals surface area contributed by atoms with Gasteiger partial charge in [-0.1, -0.05) is 47.5 Å². The van der Waals surface area contributed by atoms with Crippen LogP contribution in [0.25, 0.3) is 33.2 Å². The number of nitrogens with zero attached hydrogens (tertiary/aromatic N) is 3. The molecule has 0 unspecified atom stereocenters. The van der Waals surface area contributed by atoms with Gasteiger partial charge in [0.05, 0.1) is 33.7 Å². The van der Waals surface area contributed by atoms with E-state index in [4.69, 9.17) is 33.9 Å². The molecule has 5 aromatic rings. The van der Waals surface area contributed by atoms with Crippen molar-refractivity contribution >= 4 is 43.9 Å². The van der Waals surface area contributed by atoms with Gasteiger partial charge < -0.3 is 5.73 Å². The Morgan fingerprint density at radius 2 is 1.65 bits per heavy atom. The highest BCUT2D eigenvalue weighted by atomic mass is 35.5. The second-order valence-electron chi connectivity index (χ2n) is 9.68. The Balaban J connectivity index is 1.74. The van der Waals surface area contributed by atoms with E-state index in [2.05, 4.69) is 5.10 Å². The van der Waals surface area contributed by atoms with Crippen LogP contribution in [0.2, 0.25) is 10.0 Å². The van der Waals surface area contributed by atoms with Crippen LogP contribution in [0.5, 0.6) is 0 Å². The van der Waals surface area contributed by atoms with Crippen molar-refractivity contribution in [2.45, 2.75) is 18.2 Å². The molecular formula is C29H24Cl2F2N4O2S. The van der Waals surface area contributed by atoms with E-state index in [9.17, 15) is 17.2 Å². The van der Waals surface area contributed by atoms with Crippen molar-refractivity contribution in [1.82, 2.24) is 14.8 Å². The van der Waals surface area contributed by atoms with Crippen LogP contribution >= 0.6 is 23.2 Å². The summed E-state index contributed by atoms with van der Waals surface area (Å²) in [5.41, 5.74) is 11.1. The van der Waals surface area contributed by atoms with Crippen LogP contribution in [0.1, 0.15) is 23.0 Å². The number of rotatable bonds is 7. The third-order valence-corrected chi connectivity index (χ3v) is 7.97. The summed E-state index contributed by atoms with van der Waals surface area (Å²) >= 11 is 13.1. The average Bonchev–Trinajstić information content (AvgIpc) is 3.18. The number of nitrogens with two attached hydrogens (primary N) is 1. The molecule has 0 fully saturated rings. The number of hydrogen-bond donors (Lipinski definition) is 1. The lowest BCUT2D eigenvalue weighted by atomic mass is 9.92. The molecule has 2 heterocycles. The summed E-state index contributed by atoms with van der Waals surface area (Å²) < 4.78 is 53.7. The minimum atomic E-state index is -3.40. The zero-order chi connectivity index (χ0) is 28.8. The van der Waals surface area contributed by atoms with Crippen LogP contribution in [0.15, 0.2) is 66.9 Å². The molecule has 6 nitrogen and oxygen atoms in total. The maximum atomic E-state index is 13.9. The molecule has 11 heteroatoms. The van der Waals surface area contributed by atoms with Crippen molar-refractivity contribution in [2.75, 3.05) is 6.26 Å². The first-order valence-electron chi connectivity index (χ1n) is 12.2. The van der Waals surface area contributed by atoms with Crippen LogP contribution in [0.4, 0.5) is 8.78 Å². The van der Waals surface area contributed by atoms with E-state index in [1.54, 1.807) is 36.1 Å². The maximum Gasteiger partial charge on any atom is 0.153 e. The molecule has 0 spiro atoms. The molecule has 2 N–H and O–H groups in total. The Labute approximate surface area is 240 Å². The van der Waals surface area contributed by atoms with Gasteiger partial charge in [-0.2, -0.15) is 5.10 Å². The van der Waals surface area contributed by atoms with E-state index in [1.165, 1.54) is 12.1 Å². The molecular weight excluding hydrogens is 577 g/mol. The van der Waals surface area contributed by atoms with Crippen molar-refractivity contribution in [3.8, 4) is 22.3 Å². The molecule has 206 valence electrons. The van der Waals surface area contributed by atoms with Gasteiger partial charge in [0.25, 0.3) is 0 Å². The van der Waals surface area contributed by atoms with Crippen molar-refractivity contribution in [1.29, 1.82) is 0 Å². The minimum absolute atomic E-state index is 0.113. The summed E-state index contributed by atoms with van der Waals surface area (Å²) in [5, 5.41) is 5.85. The van der Waals surface area contributed by atoms with Crippen molar-refractivity contribution in [3.05, 3.63) is 105 Å². The molecule has 3 aromatic carbocycles. The highest BCUT2D eigenvalue weighted by Crippen LogP contribution is 2.40. The van der Waals surface area contributed by atoms with Gasteiger partial charge in [-0.15, -0.1) is 0 Å². The largest absolute Gasteiger partial charge is 0.322 e. The molecule has 0 aliphatic heterocycles. The first-order chi connectivity index (χ1) is 18.9. The number of fused-ring (bicyclic) bond motifs is 1. The van der Waals surface area contributed by atoms with Gasteiger partial charge in [0.1, 0.15) is 11.6 Å². The molecule has 40 heavy (non-hydrogen) atoms. The Hall–Kier alpha value is -3.37. The van der Waals surface area contributed by atoms with Gasteiger partial charge in [0.15, 0.2) is 9.84 Å². The van der Waals surface area contributed by atoms with Gasteiger partial charge >= 0.3 is 0 Å². The van der Waals surface area contributed by atoms with Crippen molar-refractivity contribution < 1.29 is 17.2 Å². The first-order valence-corrected chi connectivity index (χ1v) is 15.0. The summed E-state index contributed by atoms with van der Waals surface area (Å²) in [6.07, 6.45) is 2.90. The fourth-order valence-electron chi connectivity index (χ4n) is 4.93. The number of halogens is 4. The average molecular weight is 602 g/mol. The van der Waals surface area contributed by atoms with Crippen molar-refractivity contribution in [3.63, 3.8) is 0 Å². The molecule has 1 atom stereocenters. The fraction of sp³-hybridized carbons (Fsp3) is 0.172. The lowest BCUT2D eigenvalue weighted by Crippen LogP contribution is -2.17. The zero-order valence-electron chi connectivity index (χ0n) is 21.5. The van der Waals surface area contributed by atoms with Crippen LogP contribution in [-0.4, -0.2) is 29.4 Å². The number of sulfone groups is 1. The summed E-state index contributed by atoms with van der Waals surface area (Å²) in [6.45, 7) is 0. The van der Waals surface area contributed by atoms with Gasteiger partial charge in [0, 0.05) is 58.2 Å². The predicted molar refractivity (Wildman–Crippen MR) is 155 cm³/mol. The molecule has 2 aromatic heterocycles. The summed E-state index contributed by atoms with van der Waals surface area (Å²) in [5.74, 6) is -1.68. The standard InChI is InChI=1S/C29H24Cl2F2N4O2S/c1-37-29-21(7-8-24(31)27(29)26(36-37)15-40(2,38)39)22-12-17(20-5-3-4-6-23(20)30)14-35-28(22)25(34)11-16-9-18(32)13-19(33)10-16/h3-10,12-14,25H,11,15,34H2,1-2H3/t25-/m0/s1. The smallest absolute Gasteiger partial charge is 0.153 e. The maximum absolute atomic E-state index is 13.9. The minimum Gasteiger partial charge on any atom is -0.322 e. The molecule has 0 aliphatic carbocycles. The third-order valence-electron chi connectivity index (χ3n) is 6.53. The summed E-state index contributed by atoms with van der Waals surface area (Å²) in [4.78, 5) is 4.71. The van der Waals surface area contributed by atoms with Crippen LogP contribution in [0, 0.1) is 11.6 Å². The second kappa shape index (κ2) is 10.9. The molecule has 0 radical (unpaired) electrons. The van der Waals surface area contributed by atoms with Crippen LogP contribution in [-0.2, 0) is 29.1 Å². The SMILES string of the molecule is Cn1nc(CS(C)(=O)=O)c2c(Cl)ccc(-c3cc(-c4ccccc4Cl)cnc3[C@@H](N)Cc3cc(F)cc(F)c3)c21. The number of benzene rings is 3. The molecule has 0 bridgehead atoms. The van der Waals surface area contributed by atoms with E-state index < -0.39 is 27.5 Å². The van der Waals surface area contributed by atoms with Crippen molar-refractivity contribution in [2.24, 2.45) is 12.8 Å². The monoisotopic (exact) mass is 600 g/mol. The lowest BCUT2D eigenvalue weighted by molar-refractivity contribution is 0.575. The van der Waals surface area contributed by atoms with E-state index in [-0.39, 0.29) is 12.2 Å². The predicted octanol–water partition coefficient (Wildman–Crippen LogP) is 6.67. The Morgan fingerprint density at radius 1 is 0.950 bits per heavy atom. The van der Waals surface area contributed by atoms with E-state index in [0.29, 0.717) is 49.0 Å². The highest BCUT2D eigenvalue weighted by Gasteiger charge is 2.24. The molecule has 0 saturated carbocycles. The number of aryl methyl sites for hydroxylation is 1. The summed E-state index contributed by atoms with van der Waals surface area (Å²) in [6, 6.07) is 15.2. The van der Waals surface area contributed by atoms with E-state index in [0.717, 1.165) is 23.4 Å². The fourth-order valence-corrected chi connectivity index (χ4v) is 6.14. The quantitative estimate of drug-likeness (QED) is 0.225. The highest BCUT2D eigenvalue weighted by molar-refractivity contribution is 7.89. The van der Waals surface area contributed by atoms with E-state index in [1.807, 2.05) is 24.3 Å². The van der Waals surface area contributed by atoms with Crippen LogP contribution in [0.3, 0.4) is 0 Å². The lowest BCUT2D eigenvalue weighted by Gasteiger charge is -2.19. The number of aromatic nitrogens is 3. The Kier molecular flexibility index (Phi) is 7.67. The normalized spacial score (nSPS) is 12.7. The number of hydrogen-bond acceptors (Lipinski definition) is 5. The third kappa shape index (κ3) is 5.74. The topological polar surface area (TPSA) is 90.9 Å². The number of pyridine rings is 1. The van der Waals surface area contributed by atoms with Gasteiger partial charge in [-0.25, -0.2) is 17.2 Å². The second-order valence-corrected chi connectivity index (χ2v) is 12.6. The summed E-state index contributed by atoms with van der Waals surface area (Å²) in [7, 11) is -1.70. The van der Waals surface area contributed by atoms with E-state index >= 15 is 0 Å². The molecule has 5 rings (SSSR count). The zero-order valence-corrected chi connectivity index (χ0v) is 23.8. The Bertz CT molecular complexity index is 1860.